The first-order valence-electron chi connectivity index (χ1n) is 9.30. The molecule has 2 aromatic carbocycles. The average molecular weight is 360 g/mol. The average Bonchev–Trinajstić information content (AvgIpc) is 2.61. The highest BCUT2D eigenvalue weighted by Gasteiger charge is 2.15. The lowest BCUT2D eigenvalue weighted by Crippen LogP contribution is -2.13. The smallest absolute Gasteiger partial charge is 0.157 e. The lowest BCUT2D eigenvalue weighted by Gasteiger charge is -2.20. The van der Waals surface area contributed by atoms with Gasteiger partial charge in [-0.15, -0.1) is 0 Å². The van der Waals surface area contributed by atoms with E-state index < -0.39 is 0 Å². The first-order valence-corrected chi connectivity index (χ1v) is 9.30. The molecule has 0 radical (unpaired) electrons. The SMILES string of the molecule is CCCC.C[C@H](Cc1ccc(O)c(O)c1)[C@@H](C)Cc1ccc(O)c(O)c1. The van der Waals surface area contributed by atoms with E-state index in [9.17, 15) is 20.4 Å². The molecule has 2 aromatic rings. The molecule has 0 unspecified atom stereocenters. The van der Waals surface area contributed by atoms with E-state index in [0.717, 1.165) is 24.0 Å². The molecule has 0 aliphatic heterocycles. The second-order valence-electron chi connectivity index (χ2n) is 7.01. The summed E-state index contributed by atoms with van der Waals surface area (Å²) in [5.74, 6) is 0.314. The normalized spacial score (nSPS) is 12.8. The number of unbranched alkanes of at least 4 members (excludes halogenated alkanes) is 1. The van der Waals surface area contributed by atoms with Crippen molar-refractivity contribution in [3.8, 4) is 23.0 Å². The van der Waals surface area contributed by atoms with E-state index in [0.29, 0.717) is 11.8 Å². The molecule has 2 rings (SSSR count). The number of phenolic OH excluding ortho intramolecular Hbond substituents is 4. The molecule has 26 heavy (non-hydrogen) atoms. The summed E-state index contributed by atoms with van der Waals surface area (Å²) in [6.07, 6.45) is 4.22. The monoisotopic (exact) mass is 360 g/mol. The van der Waals surface area contributed by atoms with Crippen LogP contribution < -0.4 is 0 Å². The molecule has 2 atom stereocenters. The lowest BCUT2D eigenvalue weighted by atomic mass is 9.85. The molecule has 0 aliphatic rings. The quantitative estimate of drug-likeness (QED) is 0.522. The highest BCUT2D eigenvalue weighted by Crippen LogP contribution is 2.30. The minimum Gasteiger partial charge on any atom is -0.504 e. The Morgan fingerprint density at radius 2 is 0.962 bits per heavy atom. The van der Waals surface area contributed by atoms with Crippen molar-refractivity contribution in [2.24, 2.45) is 11.8 Å². The standard InChI is InChI=1S/C18H22O4.C4H10/c1-11(7-13-3-5-15(19)17(21)9-13)12(2)8-14-4-6-16(20)18(22)10-14;1-3-4-2/h3-6,9-12,19-22H,7-8H2,1-2H3;3-4H2,1-2H3/t11-,12+;. The summed E-state index contributed by atoms with van der Waals surface area (Å²) in [5, 5.41) is 37.8. The number of aromatic hydroxyl groups is 4. The third kappa shape index (κ3) is 6.87. The fourth-order valence-electron chi connectivity index (χ4n) is 2.54. The van der Waals surface area contributed by atoms with Crippen molar-refractivity contribution in [1.29, 1.82) is 0 Å². The molecule has 144 valence electrons. The summed E-state index contributed by atoms with van der Waals surface area (Å²) in [6.45, 7) is 8.63. The fourth-order valence-corrected chi connectivity index (χ4v) is 2.54. The molecular formula is C22H32O4. The van der Waals surface area contributed by atoms with Gasteiger partial charge >= 0.3 is 0 Å². The summed E-state index contributed by atoms with van der Waals surface area (Å²) in [5.41, 5.74) is 1.95. The van der Waals surface area contributed by atoms with Gasteiger partial charge < -0.3 is 20.4 Å². The minimum atomic E-state index is -0.107. The van der Waals surface area contributed by atoms with Crippen molar-refractivity contribution in [2.75, 3.05) is 0 Å². The van der Waals surface area contributed by atoms with Crippen LogP contribution in [0.2, 0.25) is 0 Å². The Labute approximate surface area is 156 Å². The van der Waals surface area contributed by atoms with Crippen LogP contribution in [0.1, 0.15) is 51.7 Å². The Balaban J connectivity index is 0.000000765. The lowest BCUT2D eigenvalue weighted by molar-refractivity contribution is 0.377. The van der Waals surface area contributed by atoms with E-state index in [2.05, 4.69) is 27.7 Å². The van der Waals surface area contributed by atoms with Gasteiger partial charge in [-0.3, -0.25) is 0 Å². The van der Waals surface area contributed by atoms with Crippen LogP contribution in [0.4, 0.5) is 0 Å². The predicted molar refractivity (Wildman–Crippen MR) is 106 cm³/mol. The van der Waals surface area contributed by atoms with Crippen LogP contribution in [-0.4, -0.2) is 20.4 Å². The van der Waals surface area contributed by atoms with Crippen molar-refractivity contribution in [3.05, 3.63) is 47.5 Å². The zero-order valence-electron chi connectivity index (χ0n) is 16.2. The van der Waals surface area contributed by atoms with Gasteiger partial charge in [0.25, 0.3) is 0 Å². The second kappa shape index (κ2) is 10.6. The van der Waals surface area contributed by atoms with Crippen molar-refractivity contribution >= 4 is 0 Å². The molecule has 0 saturated carbocycles. The van der Waals surface area contributed by atoms with Gasteiger partial charge in [0, 0.05) is 0 Å². The van der Waals surface area contributed by atoms with Crippen LogP contribution >= 0.6 is 0 Å². The van der Waals surface area contributed by atoms with Gasteiger partial charge in [0.15, 0.2) is 23.0 Å². The molecule has 4 N–H and O–H groups in total. The fraction of sp³-hybridized carbons (Fsp3) is 0.455. The highest BCUT2D eigenvalue weighted by atomic mass is 16.3. The number of hydrogen-bond donors (Lipinski definition) is 4. The van der Waals surface area contributed by atoms with E-state index >= 15 is 0 Å². The molecule has 0 heterocycles. The third-order valence-corrected chi connectivity index (χ3v) is 4.67. The highest BCUT2D eigenvalue weighted by molar-refractivity contribution is 5.41. The van der Waals surface area contributed by atoms with Crippen LogP contribution in [0.5, 0.6) is 23.0 Å². The summed E-state index contributed by atoms with van der Waals surface area (Å²) in [6, 6.07) is 9.80. The van der Waals surface area contributed by atoms with Crippen LogP contribution in [0.15, 0.2) is 36.4 Å². The van der Waals surface area contributed by atoms with Gasteiger partial charge in [-0.1, -0.05) is 52.7 Å². The Bertz CT molecular complexity index is 622. The first kappa shape index (κ1) is 21.7. The maximum atomic E-state index is 9.54. The maximum absolute atomic E-state index is 9.54. The molecule has 0 saturated heterocycles. The number of rotatable bonds is 6. The zero-order valence-corrected chi connectivity index (χ0v) is 16.2. The third-order valence-electron chi connectivity index (χ3n) is 4.67. The molecule has 4 heteroatoms. The Morgan fingerprint density at radius 1 is 0.615 bits per heavy atom. The minimum absolute atomic E-state index is 0.0965. The molecular weight excluding hydrogens is 328 g/mol. The molecule has 4 nitrogen and oxygen atoms in total. The molecule has 0 fully saturated rings. The summed E-state index contributed by atoms with van der Waals surface area (Å²) >= 11 is 0. The molecule has 0 bridgehead atoms. The summed E-state index contributed by atoms with van der Waals surface area (Å²) < 4.78 is 0. The van der Waals surface area contributed by atoms with Gasteiger partial charge in [0.05, 0.1) is 0 Å². The van der Waals surface area contributed by atoms with Crippen LogP contribution in [0, 0.1) is 11.8 Å². The topological polar surface area (TPSA) is 80.9 Å². The maximum Gasteiger partial charge on any atom is 0.157 e. The van der Waals surface area contributed by atoms with Gasteiger partial charge in [0.2, 0.25) is 0 Å². The van der Waals surface area contributed by atoms with Crippen LogP contribution in [-0.2, 0) is 12.8 Å². The van der Waals surface area contributed by atoms with E-state index in [4.69, 9.17) is 0 Å². The van der Waals surface area contributed by atoms with E-state index in [1.54, 1.807) is 12.1 Å². The number of hydrogen-bond acceptors (Lipinski definition) is 4. The van der Waals surface area contributed by atoms with E-state index in [1.165, 1.54) is 25.0 Å². The van der Waals surface area contributed by atoms with E-state index in [1.807, 2.05) is 12.1 Å². The van der Waals surface area contributed by atoms with Gasteiger partial charge in [-0.05, 0) is 60.1 Å². The Kier molecular flexibility index (Phi) is 8.83. The van der Waals surface area contributed by atoms with Crippen molar-refractivity contribution in [1.82, 2.24) is 0 Å². The first-order chi connectivity index (χ1) is 12.3. The zero-order chi connectivity index (χ0) is 19.7. The summed E-state index contributed by atoms with van der Waals surface area (Å²) in [7, 11) is 0. The van der Waals surface area contributed by atoms with Crippen molar-refractivity contribution in [2.45, 2.75) is 53.4 Å². The molecule has 0 aromatic heterocycles. The van der Waals surface area contributed by atoms with Crippen LogP contribution in [0.25, 0.3) is 0 Å². The van der Waals surface area contributed by atoms with Crippen molar-refractivity contribution in [3.63, 3.8) is 0 Å². The molecule has 0 aliphatic carbocycles. The number of benzene rings is 2. The second-order valence-corrected chi connectivity index (χ2v) is 7.01. The van der Waals surface area contributed by atoms with Gasteiger partial charge in [-0.25, -0.2) is 0 Å². The van der Waals surface area contributed by atoms with E-state index in [-0.39, 0.29) is 23.0 Å². The van der Waals surface area contributed by atoms with Gasteiger partial charge in [-0.2, -0.15) is 0 Å². The van der Waals surface area contributed by atoms with Gasteiger partial charge in [0.1, 0.15) is 0 Å². The Morgan fingerprint density at radius 3 is 1.23 bits per heavy atom. The summed E-state index contributed by atoms with van der Waals surface area (Å²) in [4.78, 5) is 0. The molecule has 0 spiro atoms. The predicted octanol–water partition coefficient (Wildman–Crippen LogP) is 5.37. The molecule has 0 amide bonds. The Hall–Kier alpha value is -2.36. The van der Waals surface area contributed by atoms with Crippen molar-refractivity contribution < 1.29 is 20.4 Å². The largest absolute Gasteiger partial charge is 0.504 e. The number of phenols is 4. The van der Waals surface area contributed by atoms with Crippen LogP contribution in [0.3, 0.4) is 0 Å².